The number of hydrogen-bond donors (Lipinski definition) is 1. The van der Waals surface area contributed by atoms with Crippen LogP contribution in [0.1, 0.15) is 12.6 Å². The summed E-state index contributed by atoms with van der Waals surface area (Å²) in [7, 11) is 1.69. The third kappa shape index (κ3) is 1.80. The fourth-order valence-corrected chi connectivity index (χ4v) is 2.54. The first-order valence-electron chi connectivity index (χ1n) is 6.41. The van der Waals surface area contributed by atoms with Gasteiger partial charge in [-0.3, -0.25) is 0 Å². The van der Waals surface area contributed by atoms with Crippen LogP contribution in [0.4, 0.5) is 0 Å². The smallest absolute Gasteiger partial charge is 0.119 e. The molecule has 0 radical (unpaired) electrons. The molecule has 2 heterocycles. The van der Waals surface area contributed by atoms with Crippen LogP contribution in [0.3, 0.4) is 0 Å². The van der Waals surface area contributed by atoms with Gasteiger partial charge in [-0.1, -0.05) is 0 Å². The van der Waals surface area contributed by atoms with Gasteiger partial charge in [0.2, 0.25) is 0 Å². The summed E-state index contributed by atoms with van der Waals surface area (Å²) in [5.74, 6) is 0.871. The molecule has 0 bridgehead atoms. The van der Waals surface area contributed by atoms with Gasteiger partial charge in [0.05, 0.1) is 25.3 Å². The van der Waals surface area contributed by atoms with Crippen molar-refractivity contribution in [2.24, 2.45) is 0 Å². The van der Waals surface area contributed by atoms with Gasteiger partial charge < -0.3 is 14.3 Å². The number of aryl methyl sites for hydroxylation is 2. The Balaban J connectivity index is 2.30. The lowest BCUT2D eigenvalue weighted by Gasteiger charge is -2.06. The lowest BCUT2D eigenvalue weighted by Crippen LogP contribution is -1.95. The largest absolute Gasteiger partial charge is 0.497 e. The van der Waals surface area contributed by atoms with Crippen LogP contribution in [0.2, 0.25) is 0 Å². The Bertz CT molecular complexity index is 724. The molecule has 0 atom stereocenters. The normalized spacial score (nSPS) is 11.1. The van der Waals surface area contributed by atoms with Crippen LogP contribution in [-0.2, 0) is 6.54 Å². The second kappa shape index (κ2) is 4.46. The van der Waals surface area contributed by atoms with E-state index in [0.29, 0.717) is 0 Å². The van der Waals surface area contributed by atoms with Crippen molar-refractivity contribution in [3.8, 4) is 17.0 Å². The van der Waals surface area contributed by atoms with Crippen molar-refractivity contribution in [2.75, 3.05) is 7.11 Å². The van der Waals surface area contributed by atoms with Crippen molar-refractivity contribution in [3.05, 3.63) is 36.4 Å². The summed E-state index contributed by atoms with van der Waals surface area (Å²) >= 11 is 0. The zero-order valence-electron chi connectivity index (χ0n) is 11.4. The van der Waals surface area contributed by atoms with Gasteiger partial charge in [-0.25, -0.2) is 4.98 Å². The summed E-state index contributed by atoms with van der Waals surface area (Å²) in [6, 6.07) is 6.09. The van der Waals surface area contributed by atoms with E-state index >= 15 is 0 Å². The molecule has 0 aliphatic heterocycles. The molecule has 98 valence electrons. The van der Waals surface area contributed by atoms with Gasteiger partial charge in [-0.15, -0.1) is 0 Å². The first-order valence-corrected chi connectivity index (χ1v) is 6.41. The SMILES string of the molecule is CCn1cncc1-c1c(C)[nH]c2ccc(OC)cc12. The predicted octanol–water partition coefficient (Wildman–Crippen LogP) is 3.37. The van der Waals surface area contributed by atoms with E-state index in [-0.39, 0.29) is 0 Å². The molecule has 0 aliphatic carbocycles. The van der Waals surface area contributed by atoms with Gasteiger partial charge in [-0.05, 0) is 32.0 Å². The number of hydrogen-bond acceptors (Lipinski definition) is 2. The minimum Gasteiger partial charge on any atom is -0.497 e. The van der Waals surface area contributed by atoms with Gasteiger partial charge >= 0.3 is 0 Å². The maximum Gasteiger partial charge on any atom is 0.119 e. The van der Waals surface area contributed by atoms with E-state index in [1.807, 2.05) is 18.6 Å². The maximum atomic E-state index is 5.32. The molecule has 0 spiro atoms. The Labute approximate surface area is 112 Å². The number of imidazole rings is 1. The Hall–Kier alpha value is -2.23. The van der Waals surface area contributed by atoms with Crippen molar-refractivity contribution in [2.45, 2.75) is 20.4 Å². The molecule has 0 saturated carbocycles. The van der Waals surface area contributed by atoms with Crippen molar-refractivity contribution < 1.29 is 4.74 Å². The summed E-state index contributed by atoms with van der Waals surface area (Å²) < 4.78 is 7.47. The summed E-state index contributed by atoms with van der Waals surface area (Å²) in [6.07, 6.45) is 3.78. The van der Waals surface area contributed by atoms with E-state index in [1.165, 1.54) is 10.9 Å². The van der Waals surface area contributed by atoms with E-state index in [2.05, 4.69) is 40.5 Å². The molecule has 4 heteroatoms. The highest BCUT2D eigenvalue weighted by molar-refractivity contribution is 5.97. The van der Waals surface area contributed by atoms with Gasteiger partial charge in [0, 0.05) is 28.7 Å². The van der Waals surface area contributed by atoms with Crippen molar-refractivity contribution in [3.63, 3.8) is 0 Å². The van der Waals surface area contributed by atoms with E-state index in [9.17, 15) is 0 Å². The Kier molecular flexibility index (Phi) is 2.78. The number of methoxy groups -OCH3 is 1. The van der Waals surface area contributed by atoms with Gasteiger partial charge in [0.15, 0.2) is 0 Å². The molecular weight excluding hydrogens is 238 g/mol. The molecular formula is C15H17N3O. The number of benzene rings is 1. The Morgan fingerprint density at radius 2 is 2.21 bits per heavy atom. The minimum absolute atomic E-state index is 0.871. The van der Waals surface area contributed by atoms with E-state index < -0.39 is 0 Å². The number of nitrogens with zero attached hydrogens (tertiary/aromatic N) is 2. The average molecular weight is 255 g/mol. The predicted molar refractivity (Wildman–Crippen MR) is 76.5 cm³/mol. The van der Waals surface area contributed by atoms with Crippen molar-refractivity contribution >= 4 is 10.9 Å². The summed E-state index contributed by atoms with van der Waals surface area (Å²) in [5.41, 5.74) is 4.61. The molecule has 0 aliphatic rings. The molecule has 0 fully saturated rings. The van der Waals surface area contributed by atoms with E-state index in [0.717, 1.165) is 29.2 Å². The van der Waals surface area contributed by atoms with Crippen LogP contribution in [0.5, 0.6) is 5.75 Å². The third-order valence-corrected chi connectivity index (χ3v) is 3.50. The second-order valence-electron chi connectivity index (χ2n) is 4.60. The molecule has 3 aromatic rings. The lowest BCUT2D eigenvalue weighted by atomic mass is 10.1. The summed E-state index contributed by atoms with van der Waals surface area (Å²) in [6.45, 7) is 5.12. The number of nitrogens with one attached hydrogen (secondary N) is 1. The molecule has 4 nitrogen and oxygen atoms in total. The minimum atomic E-state index is 0.871. The number of rotatable bonds is 3. The monoisotopic (exact) mass is 255 g/mol. The average Bonchev–Trinajstić information content (AvgIpc) is 3.00. The van der Waals surface area contributed by atoms with Crippen LogP contribution in [0.25, 0.3) is 22.2 Å². The molecule has 3 rings (SSSR count). The molecule has 0 amide bonds. The van der Waals surface area contributed by atoms with Crippen LogP contribution >= 0.6 is 0 Å². The summed E-state index contributed by atoms with van der Waals surface area (Å²) in [4.78, 5) is 7.68. The standard InChI is InChI=1S/C15H17N3O/c1-4-18-9-16-8-14(18)15-10(2)17-13-6-5-11(19-3)7-12(13)15/h5-9,17H,4H2,1-3H3. The fraction of sp³-hybridized carbons (Fsp3) is 0.267. The first-order chi connectivity index (χ1) is 9.24. The summed E-state index contributed by atoms with van der Waals surface area (Å²) in [5, 5.41) is 1.17. The van der Waals surface area contributed by atoms with Crippen LogP contribution in [0, 0.1) is 6.92 Å². The number of H-pyrrole nitrogens is 1. The molecule has 1 N–H and O–H groups in total. The van der Waals surface area contributed by atoms with Gasteiger partial charge in [0.25, 0.3) is 0 Å². The number of aromatic nitrogens is 3. The van der Waals surface area contributed by atoms with Crippen LogP contribution in [-0.4, -0.2) is 21.6 Å². The Morgan fingerprint density at radius 1 is 1.37 bits per heavy atom. The molecule has 0 unspecified atom stereocenters. The van der Waals surface area contributed by atoms with Gasteiger partial charge in [-0.2, -0.15) is 0 Å². The number of aromatic amines is 1. The highest BCUT2D eigenvalue weighted by atomic mass is 16.5. The zero-order valence-corrected chi connectivity index (χ0v) is 11.4. The Morgan fingerprint density at radius 3 is 2.95 bits per heavy atom. The zero-order chi connectivity index (χ0) is 13.4. The lowest BCUT2D eigenvalue weighted by molar-refractivity contribution is 0.415. The molecule has 0 saturated heterocycles. The molecule has 2 aromatic heterocycles. The quantitative estimate of drug-likeness (QED) is 0.779. The van der Waals surface area contributed by atoms with Crippen molar-refractivity contribution in [1.29, 1.82) is 0 Å². The van der Waals surface area contributed by atoms with Crippen LogP contribution in [0.15, 0.2) is 30.7 Å². The topological polar surface area (TPSA) is 42.8 Å². The molecule has 19 heavy (non-hydrogen) atoms. The van der Waals surface area contributed by atoms with E-state index in [1.54, 1.807) is 7.11 Å². The van der Waals surface area contributed by atoms with Gasteiger partial charge in [0.1, 0.15) is 5.75 Å². The number of ether oxygens (including phenoxy) is 1. The second-order valence-corrected chi connectivity index (χ2v) is 4.60. The third-order valence-electron chi connectivity index (χ3n) is 3.50. The fourth-order valence-electron chi connectivity index (χ4n) is 2.54. The first kappa shape index (κ1) is 11.8. The highest BCUT2D eigenvalue weighted by Gasteiger charge is 2.14. The van der Waals surface area contributed by atoms with E-state index in [4.69, 9.17) is 4.74 Å². The number of fused-ring (bicyclic) bond motifs is 1. The highest BCUT2D eigenvalue weighted by Crippen LogP contribution is 2.34. The van der Waals surface area contributed by atoms with Crippen molar-refractivity contribution in [1.82, 2.24) is 14.5 Å². The van der Waals surface area contributed by atoms with Crippen LogP contribution < -0.4 is 4.74 Å². The molecule has 1 aromatic carbocycles. The maximum absolute atomic E-state index is 5.32.